The van der Waals surface area contributed by atoms with Crippen molar-refractivity contribution in [3.05, 3.63) is 24.3 Å². The molecule has 102 valence electrons. The Morgan fingerprint density at radius 2 is 1.89 bits per heavy atom. The molecule has 0 bridgehead atoms. The SMILES string of the molecule is CCCCS(=O)(=O)Nc1cccc(S(N)(=O)=O)c1. The third-order valence-corrected chi connectivity index (χ3v) is 4.49. The van der Waals surface area contributed by atoms with Gasteiger partial charge in [-0.2, -0.15) is 0 Å². The van der Waals surface area contributed by atoms with Gasteiger partial charge in [-0.3, -0.25) is 4.72 Å². The van der Waals surface area contributed by atoms with Gasteiger partial charge in [0.15, 0.2) is 0 Å². The van der Waals surface area contributed by atoms with E-state index < -0.39 is 20.0 Å². The highest BCUT2D eigenvalue weighted by atomic mass is 32.2. The summed E-state index contributed by atoms with van der Waals surface area (Å²) in [5, 5.41) is 4.96. The van der Waals surface area contributed by atoms with Crippen LogP contribution in [-0.4, -0.2) is 22.6 Å². The molecule has 1 aromatic rings. The topological polar surface area (TPSA) is 106 Å². The molecule has 0 aromatic heterocycles. The van der Waals surface area contributed by atoms with E-state index in [9.17, 15) is 16.8 Å². The molecule has 0 amide bonds. The lowest BCUT2D eigenvalue weighted by Crippen LogP contribution is -2.17. The Morgan fingerprint density at radius 1 is 1.22 bits per heavy atom. The van der Waals surface area contributed by atoms with E-state index in [0.29, 0.717) is 6.42 Å². The maximum atomic E-state index is 11.6. The van der Waals surface area contributed by atoms with Gasteiger partial charge in [0.1, 0.15) is 0 Å². The summed E-state index contributed by atoms with van der Waals surface area (Å²) in [6.45, 7) is 1.89. The van der Waals surface area contributed by atoms with Crippen LogP contribution in [0, 0.1) is 0 Å². The molecule has 18 heavy (non-hydrogen) atoms. The van der Waals surface area contributed by atoms with Gasteiger partial charge in [-0.1, -0.05) is 19.4 Å². The predicted molar refractivity (Wildman–Crippen MR) is 70.1 cm³/mol. The normalized spacial score (nSPS) is 12.3. The third-order valence-electron chi connectivity index (χ3n) is 2.20. The van der Waals surface area contributed by atoms with Crippen LogP contribution in [0.4, 0.5) is 5.69 Å². The van der Waals surface area contributed by atoms with Crippen molar-refractivity contribution in [3.8, 4) is 0 Å². The first-order chi connectivity index (χ1) is 8.24. The Labute approximate surface area is 107 Å². The van der Waals surface area contributed by atoms with E-state index in [4.69, 9.17) is 5.14 Å². The van der Waals surface area contributed by atoms with Gasteiger partial charge in [0.2, 0.25) is 20.0 Å². The van der Waals surface area contributed by atoms with Crippen molar-refractivity contribution in [1.29, 1.82) is 0 Å². The predicted octanol–water partition coefficient (Wildman–Crippen LogP) is 0.876. The number of anilines is 1. The fourth-order valence-electron chi connectivity index (χ4n) is 1.30. The van der Waals surface area contributed by atoms with Crippen LogP contribution in [-0.2, 0) is 20.0 Å². The van der Waals surface area contributed by atoms with Crippen LogP contribution in [0.5, 0.6) is 0 Å². The van der Waals surface area contributed by atoms with Crippen molar-refractivity contribution >= 4 is 25.7 Å². The molecular formula is C10H16N2O4S2. The monoisotopic (exact) mass is 292 g/mol. The molecule has 0 fully saturated rings. The third kappa shape index (κ3) is 4.63. The molecule has 1 rings (SSSR count). The minimum Gasteiger partial charge on any atom is -0.284 e. The summed E-state index contributed by atoms with van der Waals surface area (Å²) in [4.78, 5) is -0.127. The molecule has 3 N–H and O–H groups in total. The minimum absolute atomic E-state index is 0.00308. The average Bonchev–Trinajstić information content (AvgIpc) is 2.25. The second-order valence-electron chi connectivity index (χ2n) is 3.85. The first kappa shape index (κ1) is 14.9. The van der Waals surface area contributed by atoms with Crippen molar-refractivity contribution in [1.82, 2.24) is 0 Å². The summed E-state index contributed by atoms with van der Waals surface area (Å²) in [5.41, 5.74) is 0.192. The van der Waals surface area contributed by atoms with E-state index in [0.717, 1.165) is 6.42 Å². The maximum absolute atomic E-state index is 11.6. The molecule has 0 heterocycles. The Morgan fingerprint density at radius 3 is 2.44 bits per heavy atom. The largest absolute Gasteiger partial charge is 0.284 e. The van der Waals surface area contributed by atoms with Gasteiger partial charge in [0, 0.05) is 5.69 Å². The van der Waals surface area contributed by atoms with Crippen molar-refractivity contribution < 1.29 is 16.8 Å². The molecule has 1 aromatic carbocycles. The van der Waals surface area contributed by atoms with Crippen LogP contribution in [0.25, 0.3) is 0 Å². The Hall–Kier alpha value is -1.12. The molecule has 0 spiro atoms. The van der Waals surface area contributed by atoms with Gasteiger partial charge in [-0.15, -0.1) is 0 Å². The summed E-state index contributed by atoms with van der Waals surface area (Å²) in [5.74, 6) is 0.00308. The lowest BCUT2D eigenvalue weighted by atomic mass is 10.3. The Balaban J connectivity index is 2.93. The first-order valence-electron chi connectivity index (χ1n) is 5.38. The number of nitrogens with one attached hydrogen (secondary N) is 1. The lowest BCUT2D eigenvalue weighted by Gasteiger charge is -2.08. The van der Waals surface area contributed by atoms with Crippen LogP contribution in [0.2, 0.25) is 0 Å². The molecule has 0 aliphatic heterocycles. The quantitative estimate of drug-likeness (QED) is 0.811. The number of rotatable bonds is 6. The smallest absolute Gasteiger partial charge is 0.238 e. The number of benzene rings is 1. The van der Waals surface area contributed by atoms with Crippen LogP contribution < -0.4 is 9.86 Å². The highest BCUT2D eigenvalue weighted by molar-refractivity contribution is 7.92. The maximum Gasteiger partial charge on any atom is 0.238 e. The highest BCUT2D eigenvalue weighted by Gasteiger charge is 2.12. The van der Waals surface area contributed by atoms with Crippen molar-refractivity contribution in [2.45, 2.75) is 24.7 Å². The number of hydrogen-bond donors (Lipinski definition) is 2. The van der Waals surface area contributed by atoms with Gasteiger partial charge in [0.25, 0.3) is 0 Å². The van der Waals surface area contributed by atoms with Crippen LogP contribution in [0.1, 0.15) is 19.8 Å². The van der Waals surface area contributed by atoms with E-state index in [1.165, 1.54) is 24.3 Å². The molecule has 0 radical (unpaired) electrons. The van der Waals surface area contributed by atoms with Crippen LogP contribution in [0.15, 0.2) is 29.2 Å². The molecule has 0 saturated carbocycles. The fourth-order valence-corrected chi connectivity index (χ4v) is 3.12. The molecule has 8 heteroatoms. The second-order valence-corrected chi connectivity index (χ2v) is 7.25. The molecule has 6 nitrogen and oxygen atoms in total. The number of hydrogen-bond acceptors (Lipinski definition) is 4. The number of primary sulfonamides is 1. The fraction of sp³-hybridized carbons (Fsp3) is 0.400. The molecule has 0 atom stereocenters. The standard InChI is InChI=1S/C10H16N2O4S2/c1-2-3-7-17(13,14)12-9-5-4-6-10(8-9)18(11,15)16/h4-6,8,12H,2-3,7H2,1H3,(H2,11,15,16). The zero-order chi connectivity index (χ0) is 13.8. The van der Waals surface area contributed by atoms with Gasteiger partial charge >= 0.3 is 0 Å². The molecule has 0 unspecified atom stereocenters. The van der Waals surface area contributed by atoms with E-state index in [-0.39, 0.29) is 16.3 Å². The Bertz CT molecular complexity index is 609. The van der Waals surface area contributed by atoms with Crippen molar-refractivity contribution in [2.24, 2.45) is 5.14 Å². The summed E-state index contributed by atoms with van der Waals surface area (Å²) >= 11 is 0. The van der Waals surface area contributed by atoms with E-state index in [2.05, 4.69) is 4.72 Å². The van der Waals surface area contributed by atoms with E-state index in [1.807, 2.05) is 6.92 Å². The average molecular weight is 292 g/mol. The summed E-state index contributed by atoms with van der Waals surface area (Å²) in [7, 11) is -7.28. The lowest BCUT2D eigenvalue weighted by molar-refractivity contribution is 0.595. The van der Waals surface area contributed by atoms with E-state index in [1.54, 1.807) is 0 Å². The first-order valence-corrected chi connectivity index (χ1v) is 8.58. The van der Waals surface area contributed by atoms with Gasteiger partial charge in [-0.05, 0) is 24.6 Å². The molecular weight excluding hydrogens is 276 g/mol. The second kappa shape index (κ2) is 5.68. The van der Waals surface area contributed by atoms with Crippen LogP contribution in [0.3, 0.4) is 0 Å². The van der Waals surface area contributed by atoms with Crippen molar-refractivity contribution in [2.75, 3.05) is 10.5 Å². The number of sulfonamides is 2. The zero-order valence-corrected chi connectivity index (χ0v) is 11.6. The van der Waals surface area contributed by atoms with E-state index >= 15 is 0 Å². The highest BCUT2D eigenvalue weighted by Crippen LogP contribution is 2.15. The van der Waals surface area contributed by atoms with Gasteiger partial charge in [0.05, 0.1) is 10.6 Å². The molecule has 0 saturated heterocycles. The molecule has 0 aliphatic carbocycles. The summed E-state index contributed by atoms with van der Waals surface area (Å²) in [6.07, 6.45) is 1.31. The summed E-state index contributed by atoms with van der Waals surface area (Å²) < 4.78 is 47.8. The number of unbranched alkanes of at least 4 members (excludes halogenated alkanes) is 1. The molecule has 0 aliphatic rings. The van der Waals surface area contributed by atoms with Gasteiger partial charge in [-0.25, -0.2) is 22.0 Å². The number of nitrogens with two attached hydrogens (primary N) is 1. The van der Waals surface area contributed by atoms with Crippen molar-refractivity contribution in [3.63, 3.8) is 0 Å². The minimum atomic E-state index is -3.83. The van der Waals surface area contributed by atoms with Gasteiger partial charge < -0.3 is 0 Å². The summed E-state index contributed by atoms with van der Waals surface area (Å²) in [6, 6.07) is 5.40. The Kier molecular flexibility index (Phi) is 4.71. The zero-order valence-electron chi connectivity index (χ0n) is 9.96. The van der Waals surface area contributed by atoms with Crippen LogP contribution >= 0.6 is 0 Å².